The molecule has 0 atom stereocenters. The molecule has 1 aliphatic rings. The lowest BCUT2D eigenvalue weighted by atomic mass is 10.0. The Morgan fingerprint density at radius 2 is 1.74 bits per heavy atom. The summed E-state index contributed by atoms with van der Waals surface area (Å²) in [5, 5.41) is 7.78. The van der Waals surface area contributed by atoms with Crippen LogP contribution in [0.5, 0.6) is 0 Å². The Balaban J connectivity index is 2.16. The number of hydrogen-bond acceptors (Lipinski definition) is 3. The van der Waals surface area contributed by atoms with Crippen molar-refractivity contribution < 1.29 is 26.7 Å². The van der Waals surface area contributed by atoms with Gasteiger partial charge in [0.1, 0.15) is 0 Å². The number of aryl methyl sites for hydroxylation is 1. The van der Waals surface area contributed by atoms with E-state index in [1.807, 2.05) is 0 Å². The van der Waals surface area contributed by atoms with Gasteiger partial charge in [-0.15, -0.1) is 0 Å². The average Bonchev–Trinajstić information content (AvgIpc) is 3.20. The van der Waals surface area contributed by atoms with E-state index in [0.29, 0.717) is 11.6 Å². The highest BCUT2D eigenvalue weighted by molar-refractivity contribution is 6.34. The number of hydrazone groups is 1. The lowest BCUT2D eigenvalue weighted by Crippen LogP contribution is -2.44. The summed E-state index contributed by atoms with van der Waals surface area (Å²) in [5.41, 5.74) is -2.20. The predicted molar refractivity (Wildman–Crippen MR) is 88.2 cm³/mol. The van der Waals surface area contributed by atoms with Crippen molar-refractivity contribution in [1.82, 2.24) is 9.78 Å². The van der Waals surface area contributed by atoms with Crippen LogP contribution in [0.4, 0.5) is 27.6 Å². The van der Waals surface area contributed by atoms with Crippen molar-refractivity contribution in [2.24, 2.45) is 5.10 Å². The maximum absolute atomic E-state index is 14.1. The lowest BCUT2D eigenvalue weighted by molar-refractivity contribution is -0.248. The number of halogens is 5. The van der Waals surface area contributed by atoms with E-state index in [4.69, 9.17) is 0 Å². The summed E-state index contributed by atoms with van der Waals surface area (Å²) in [6, 6.07) is 8.78. The maximum Gasteiger partial charge on any atom is 0.459 e. The molecule has 2 heterocycles. The van der Waals surface area contributed by atoms with Gasteiger partial charge in [0.05, 0.1) is 17.0 Å². The molecule has 1 aromatic carbocycles. The topological polar surface area (TPSA) is 50.5 Å². The van der Waals surface area contributed by atoms with Crippen molar-refractivity contribution in [3.8, 4) is 0 Å². The fourth-order valence-electron chi connectivity index (χ4n) is 2.53. The van der Waals surface area contributed by atoms with E-state index in [-0.39, 0.29) is 11.4 Å². The number of carbonyl (C=O) groups is 1. The Hall–Kier alpha value is -3.04. The zero-order valence-electron chi connectivity index (χ0n) is 13.9. The van der Waals surface area contributed by atoms with E-state index in [1.54, 1.807) is 13.0 Å². The summed E-state index contributed by atoms with van der Waals surface area (Å²) < 4.78 is 68.3. The number of benzene rings is 1. The molecule has 2 aromatic rings. The lowest BCUT2D eigenvalue weighted by Gasteiger charge is -2.19. The smallest absolute Gasteiger partial charge is 0.267 e. The van der Waals surface area contributed by atoms with E-state index < -0.39 is 29.3 Å². The minimum absolute atomic E-state index is 0.0744. The third-order valence-electron chi connectivity index (χ3n) is 3.87. The first kappa shape index (κ1) is 18.7. The van der Waals surface area contributed by atoms with Crippen LogP contribution in [0, 0.1) is 0 Å². The Labute approximate surface area is 150 Å². The molecule has 0 fully saturated rings. The van der Waals surface area contributed by atoms with Gasteiger partial charge in [0, 0.05) is 12.7 Å². The molecule has 10 heteroatoms. The van der Waals surface area contributed by atoms with E-state index in [1.165, 1.54) is 41.2 Å². The molecule has 0 radical (unpaired) electrons. The van der Waals surface area contributed by atoms with Crippen LogP contribution in [0.3, 0.4) is 0 Å². The number of aromatic nitrogens is 2. The molecule has 0 N–H and O–H groups in total. The monoisotopic (exact) mass is 384 g/mol. The van der Waals surface area contributed by atoms with Crippen molar-refractivity contribution in [3.05, 3.63) is 53.9 Å². The van der Waals surface area contributed by atoms with Crippen LogP contribution >= 0.6 is 0 Å². The average molecular weight is 384 g/mol. The van der Waals surface area contributed by atoms with Gasteiger partial charge in [0.15, 0.2) is 5.71 Å². The minimum Gasteiger partial charge on any atom is -0.267 e. The molecule has 0 bridgehead atoms. The van der Waals surface area contributed by atoms with Crippen LogP contribution in [-0.2, 0) is 11.3 Å². The fraction of sp³-hybridized carbons (Fsp3) is 0.235. The summed E-state index contributed by atoms with van der Waals surface area (Å²) in [6.45, 7) is 2.05. The van der Waals surface area contributed by atoms with Crippen LogP contribution < -0.4 is 5.01 Å². The SMILES string of the molecule is CCn1nccc1C=C1C(=O)N(c2ccccc2)N=C1C(F)(F)C(F)(F)F. The number of rotatable bonds is 4. The van der Waals surface area contributed by atoms with Gasteiger partial charge in [-0.1, -0.05) is 18.2 Å². The molecule has 1 amide bonds. The van der Waals surface area contributed by atoms with E-state index in [2.05, 4.69) is 10.2 Å². The second kappa shape index (κ2) is 6.60. The molecule has 0 aliphatic carbocycles. The van der Waals surface area contributed by atoms with Gasteiger partial charge < -0.3 is 0 Å². The van der Waals surface area contributed by atoms with Gasteiger partial charge in [0.25, 0.3) is 5.91 Å². The molecule has 0 spiro atoms. The summed E-state index contributed by atoms with van der Waals surface area (Å²) in [4.78, 5) is 12.6. The molecule has 1 aromatic heterocycles. The van der Waals surface area contributed by atoms with Crippen LogP contribution in [-0.4, -0.2) is 33.5 Å². The van der Waals surface area contributed by atoms with Crippen molar-refractivity contribution in [3.63, 3.8) is 0 Å². The van der Waals surface area contributed by atoms with Gasteiger partial charge in [0.2, 0.25) is 0 Å². The Bertz CT molecular complexity index is 915. The number of carbonyl (C=O) groups excluding carboxylic acids is 1. The molecule has 1 aliphatic heterocycles. The van der Waals surface area contributed by atoms with E-state index >= 15 is 0 Å². The summed E-state index contributed by atoms with van der Waals surface area (Å²) in [7, 11) is 0. The highest BCUT2D eigenvalue weighted by Crippen LogP contribution is 2.41. The first-order chi connectivity index (χ1) is 12.7. The van der Waals surface area contributed by atoms with Crippen LogP contribution in [0.2, 0.25) is 0 Å². The van der Waals surface area contributed by atoms with Crippen molar-refractivity contribution in [1.29, 1.82) is 0 Å². The number of hydrogen-bond donors (Lipinski definition) is 0. The molecular weight excluding hydrogens is 371 g/mol. The van der Waals surface area contributed by atoms with Crippen LogP contribution in [0.1, 0.15) is 12.6 Å². The standard InChI is InChI=1S/C17H13F5N4O/c1-2-25-12(8-9-23-25)10-13-14(16(18,19)17(20,21)22)24-26(15(13)27)11-6-4-3-5-7-11/h3-10H,2H2,1H3. The molecule has 27 heavy (non-hydrogen) atoms. The summed E-state index contributed by atoms with van der Waals surface area (Å²) in [6.07, 6.45) is -3.60. The van der Waals surface area contributed by atoms with Gasteiger partial charge in [-0.05, 0) is 31.2 Å². The molecule has 0 saturated heterocycles. The molecule has 0 unspecified atom stereocenters. The molecule has 0 saturated carbocycles. The van der Waals surface area contributed by atoms with Crippen LogP contribution in [0.15, 0.2) is 53.3 Å². The minimum atomic E-state index is -5.90. The largest absolute Gasteiger partial charge is 0.459 e. The predicted octanol–water partition coefficient (Wildman–Crippen LogP) is 3.89. The highest BCUT2D eigenvalue weighted by Gasteiger charge is 2.64. The van der Waals surface area contributed by atoms with Gasteiger partial charge in [-0.2, -0.15) is 37.2 Å². The quantitative estimate of drug-likeness (QED) is 0.593. The Morgan fingerprint density at radius 1 is 1.07 bits per heavy atom. The highest BCUT2D eigenvalue weighted by atomic mass is 19.4. The first-order valence-electron chi connectivity index (χ1n) is 7.84. The van der Waals surface area contributed by atoms with Crippen molar-refractivity contribution in [2.45, 2.75) is 25.6 Å². The van der Waals surface area contributed by atoms with Crippen LogP contribution in [0.25, 0.3) is 6.08 Å². The second-order valence-corrected chi connectivity index (χ2v) is 5.60. The van der Waals surface area contributed by atoms with Gasteiger partial charge >= 0.3 is 12.1 Å². The summed E-state index contributed by atoms with van der Waals surface area (Å²) in [5.74, 6) is -6.38. The number of nitrogens with zero attached hydrogens (tertiary/aromatic N) is 4. The fourth-order valence-corrected chi connectivity index (χ4v) is 2.53. The number of amides is 1. The number of para-hydroxylation sites is 1. The first-order valence-corrected chi connectivity index (χ1v) is 7.84. The second-order valence-electron chi connectivity index (χ2n) is 5.60. The maximum atomic E-state index is 14.1. The Kier molecular flexibility index (Phi) is 4.58. The van der Waals surface area contributed by atoms with E-state index in [0.717, 1.165) is 6.08 Å². The number of anilines is 1. The third kappa shape index (κ3) is 3.22. The summed E-state index contributed by atoms with van der Waals surface area (Å²) >= 11 is 0. The van der Waals surface area contributed by atoms with Gasteiger partial charge in [-0.25, -0.2) is 0 Å². The molecule has 5 nitrogen and oxygen atoms in total. The molecule has 3 rings (SSSR count). The van der Waals surface area contributed by atoms with Crippen molar-refractivity contribution in [2.75, 3.05) is 5.01 Å². The normalized spacial score (nSPS) is 17.0. The number of alkyl halides is 5. The van der Waals surface area contributed by atoms with Crippen molar-refractivity contribution >= 4 is 23.4 Å². The zero-order chi connectivity index (χ0) is 19.8. The van der Waals surface area contributed by atoms with E-state index in [9.17, 15) is 26.7 Å². The molecular formula is C17H13F5N4O. The zero-order valence-corrected chi connectivity index (χ0v) is 13.9. The molecule has 142 valence electrons. The Morgan fingerprint density at radius 3 is 2.33 bits per heavy atom. The third-order valence-corrected chi connectivity index (χ3v) is 3.87. The van der Waals surface area contributed by atoms with Gasteiger partial charge in [-0.3, -0.25) is 9.48 Å².